The summed E-state index contributed by atoms with van der Waals surface area (Å²) in [6.45, 7) is 2.67. The van der Waals surface area contributed by atoms with E-state index in [4.69, 9.17) is 0 Å². The lowest BCUT2D eigenvalue weighted by molar-refractivity contribution is 0.681. The first-order valence-electron chi connectivity index (χ1n) is 9.21. The molecule has 3 heterocycles. The molecule has 4 aromatic rings. The summed E-state index contributed by atoms with van der Waals surface area (Å²) < 4.78 is 3.49. The topological polar surface area (TPSA) is 94.3 Å². The molecule has 0 aliphatic rings. The first kappa shape index (κ1) is 17.8. The van der Waals surface area contributed by atoms with E-state index in [1.807, 2.05) is 47.2 Å². The molecule has 8 nitrogen and oxygen atoms in total. The van der Waals surface area contributed by atoms with E-state index < -0.39 is 0 Å². The van der Waals surface area contributed by atoms with Crippen LogP contribution in [-0.2, 0) is 20.0 Å². The van der Waals surface area contributed by atoms with Crippen molar-refractivity contribution >= 4 is 0 Å². The molecule has 0 aliphatic heterocycles. The van der Waals surface area contributed by atoms with Crippen molar-refractivity contribution in [3.63, 3.8) is 0 Å². The van der Waals surface area contributed by atoms with Gasteiger partial charge in [0.2, 0.25) is 0 Å². The van der Waals surface area contributed by atoms with Gasteiger partial charge < -0.3 is 4.57 Å². The Morgan fingerprint density at radius 2 is 1.96 bits per heavy atom. The van der Waals surface area contributed by atoms with Crippen LogP contribution in [0.1, 0.15) is 24.6 Å². The first-order chi connectivity index (χ1) is 13.7. The van der Waals surface area contributed by atoms with Crippen molar-refractivity contribution in [1.82, 2.24) is 34.7 Å². The number of aromatic amines is 1. The SMILES string of the molecule is CCCc1cn(C)c(=O)n1Cc1ccc(-c2cccnc2-c2nnn[nH]2)cc1. The van der Waals surface area contributed by atoms with Crippen LogP contribution in [0.15, 0.2) is 53.6 Å². The molecule has 0 unspecified atom stereocenters. The van der Waals surface area contributed by atoms with Crippen molar-refractivity contribution in [2.24, 2.45) is 7.05 Å². The minimum Gasteiger partial charge on any atom is -0.302 e. The maximum atomic E-state index is 12.4. The van der Waals surface area contributed by atoms with Gasteiger partial charge in [0, 0.05) is 30.7 Å². The van der Waals surface area contributed by atoms with E-state index in [1.54, 1.807) is 17.8 Å². The summed E-state index contributed by atoms with van der Waals surface area (Å²) in [6, 6.07) is 12.0. The summed E-state index contributed by atoms with van der Waals surface area (Å²) >= 11 is 0. The second kappa shape index (κ2) is 7.59. The average molecular weight is 375 g/mol. The number of H-pyrrole nitrogens is 1. The van der Waals surface area contributed by atoms with Crippen LogP contribution in [0.5, 0.6) is 0 Å². The Morgan fingerprint density at radius 1 is 1.14 bits per heavy atom. The van der Waals surface area contributed by atoms with Crippen LogP contribution in [0.2, 0.25) is 0 Å². The third-order valence-corrected chi connectivity index (χ3v) is 4.71. The maximum Gasteiger partial charge on any atom is 0.328 e. The molecular formula is C20H21N7O. The number of hydrogen-bond donors (Lipinski definition) is 1. The summed E-state index contributed by atoms with van der Waals surface area (Å²) in [5.74, 6) is 0.528. The number of pyridine rings is 1. The van der Waals surface area contributed by atoms with Crippen LogP contribution in [0.4, 0.5) is 0 Å². The average Bonchev–Trinajstić information content (AvgIpc) is 3.34. The summed E-state index contributed by atoms with van der Waals surface area (Å²) in [5, 5.41) is 14.0. The molecule has 28 heavy (non-hydrogen) atoms. The number of nitrogens with zero attached hydrogens (tertiary/aromatic N) is 6. The van der Waals surface area contributed by atoms with Gasteiger partial charge in [0.15, 0.2) is 5.82 Å². The normalized spacial score (nSPS) is 11.1. The van der Waals surface area contributed by atoms with Crippen LogP contribution < -0.4 is 5.69 Å². The zero-order valence-electron chi connectivity index (χ0n) is 15.8. The van der Waals surface area contributed by atoms with E-state index in [0.717, 1.165) is 35.2 Å². The Balaban J connectivity index is 1.64. The quantitative estimate of drug-likeness (QED) is 0.558. The van der Waals surface area contributed by atoms with Gasteiger partial charge in [-0.15, -0.1) is 5.10 Å². The standard InChI is InChI=1S/C20H21N7O/c1-3-5-16-13-26(2)20(28)27(16)12-14-7-9-15(10-8-14)17-6-4-11-21-18(17)19-22-24-25-23-19/h4,6-11,13H,3,5,12H2,1-2H3,(H,22,23,24,25). The fourth-order valence-corrected chi connectivity index (χ4v) is 3.35. The van der Waals surface area contributed by atoms with E-state index in [2.05, 4.69) is 32.5 Å². The predicted molar refractivity (Wildman–Crippen MR) is 106 cm³/mol. The molecule has 8 heteroatoms. The highest BCUT2D eigenvalue weighted by molar-refractivity contribution is 5.77. The Hall–Kier alpha value is -3.55. The maximum absolute atomic E-state index is 12.4. The molecule has 0 fully saturated rings. The highest BCUT2D eigenvalue weighted by Gasteiger charge is 2.13. The van der Waals surface area contributed by atoms with E-state index >= 15 is 0 Å². The van der Waals surface area contributed by atoms with Gasteiger partial charge in [0.25, 0.3) is 0 Å². The summed E-state index contributed by atoms with van der Waals surface area (Å²) in [5.41, 5.74) is 4.80. The molecule has 3 aromatic heterocycles. The Bertz CT molecular complexity index is 1120. The molecule has 0 amide bonds. The van der Waals surface area contributed by atoms with Crippen molar-refractivity contribution in [2.75, 3.05) is 0 Å². The largest absolute Gasteiger partial charge is 0.328 e. The van der Waals surface area contributed by atoms with E-state index in [0.29, 0.717) is 18.1 Å². The van der Waals surface area contributed by atoms with Gasteiger partial charge in [-0.05, 0) is 34.0 Å². The van der Waals surface area contributed by atoms with Crippen LogP contribution in [0.25, 0.3) is 22.6 Å². The summed E-state index contributed by atoms with van der Waals surface area (Å²) in [4.78, 5) is 16.8. The number of tetrazole rings is 1. The van der Waals surface area contributed by atoms with Gasteiger partial charge in [0.1, 0.15) is 5.69 Å². The second-order valence-electron chi connectivity index (χ2n) is 6.70. The van der Waals surface area contributed by atoms with Gasteiger partial charge in [-0.3, -0.25) is 9.55 Å². The fourth-order valence-electron chi connectivity index (χ4n) is 3.35. The number of hydrogen-bond acceptors (Lipinski definition) is 5. The van der Waals surface area contributed by atoms with Crippen molar-refractivity contribution in [3.8, 4) is 22.6 Å². The van der Waals surface area contributed by atoms with Gasteiger partial charge in [-0.1, -0.05) is 43.7 Å². The zero-order valence-corrected chi connectivity index (χ0v) is 15.8. The summed E-state index contributed by atoms with van der Waals surface area (Å²) in [6.07, 6.45) is 5.53. The fraction of sp³-hybridized carbons (Fsp3) is 0.250. The number of aryl methyl sites for hydroxylation is 2. The van der Waals surface area contributed by atoms with Gasteiger partial charge in [0.05, 0.1) is 6.54 Å². The number of rotatable bonds is 6. The van der Waals surface area contributed by atoms with E-state index in [9.17, 15) is 4.79 Å². The molecule has 0 spiro atoms. The molecule has 1 N–H and O–H groups in total. The molecule has 1 aromatic carbocycles. The molecule has 0 saturated heterocycles. The number of imidazole rings is 1. The number of nitrogens with one attached hydrogen (secondary N) is 1. The zero-order chi connectivity index (χ0) is 19.5. The van der Waals surface area contributed by atoms with Crippen molar-refractivity contribution in [3.05, 3.63) is 70.5 Å². The van der Waals surface area contributed by atoms with Crippen LogP contribution in [-0.4, -0.2) is 34.7 Å². The van der Waals surface area contributed by atoms with Crippen molar-refractivity contribution in [2.45, 2.75) is 26.3 Å². The lowest BCUT2D eigenvalue weighted by Crippen LogP contribution is -2.23. The minimum atomic E-state index is 0.0138. The van der Waals surface area contributed by atoms with Crippen molar-refractivity contribution < 1.29 is 0 Å². The number of aromatic nitrogens is 7. The molecular weight excluding hydrogens is 354 g/mol. The molecule has 142 valence electrons. The third kappa shape index (κ3) is 3.36. The van der Waals surface area contributed by atoms with Crippen LogP contribution in [0.3, 0.4) is 0 Å². The van der Waals surface area contributed by atoms with Crippen LogP contribution in [0, 0.1) is 0 Å². The third-order valence-electron chi connectivity index (χ3n) is 4.71. The molecule has 4 rings (SSSR count). The van der Waals surface area contributed by atoms with Crippen molar-refractivity contribution in [1.29, 1.82) is 0 Å². The Labute approximate surface area is 161 Å². The van der Waals surface area contributed by atoms with Gasteiger partial charge in [-0.2, -0.15) is 0 Å². The lowest BCUT2D eigenvalue weighted by Gasteiger charge is -2.09. The Morgan fingerprint density at radius 3 is 2.68 bits per heavy atom. The number of benzene rings is 1. The lowest BCUT2D eigenvalue weighted by atomic mass is 10.0. The first-order valence-corrected chi connectivity index (χ1v) is 9.21. The monoisotopic (exact) mass is 375 g/mol. The molecule has 0 aliphatic carbocycles. The molecule has 0 radical (unpaired) electrons. The molecule has 0 bridgehead atoms. The smallest absolute Gasteiger partial charge is 0.302 e. The summed E-state index contributed by atoms with van der Waals surface area (Å²) in [7, 11) is 1.80. The van der Waals surface area contributed by atoms with Crippen LogP contribution >= 0.6 is 0 Å². The van der Waals surface area contributed by atoms with Gasteiger partial charge >= 0.3 is 5.69 Å². The van der Waals surface area contributed by atoms with E-state index in [1.165, 1.54) is 0 Å². The second-order valence-corrected chi connectivity index (χ2v) is 6.70. The highest BCUT2D eigenvalue weighted by Crippen LogP contribution is 2.28. The molecule has 0 saturated carbocycles. The molecule has 0 atom stereocenters. The highest BCUT2D eigenvalue weighted by atomic mass is 16.1. The van der Waals surface area contributed by atoms with Gasteiger partial charge in [-0.25, -0.2) is 9.89 Å². The van der Waals surface area contributed by atoms with E-state index in [-0.39, 0.29) is 5.69 Å². The Kier molecular flexibility index (Phi) is 4.84. The minimum absolute atomic E-state index is 0.0138. The predicted octanol–water partition coefficient (Wildman–Crippen LogP) is 2.43.